The van der Waals surface area contributed by atoms with Gasteiger partial charge in [0, 0.05) is 5.92 Å². The number of rotatable bonds is 10. The van der Waals surface area contributed by atoms with Crippen molar-refractivity contribution in [1.29, 1.82) is 0 Å². The van der Waals surface area contributed by atoms with Gasteiger partial charge in [-0.25, -0.2) is 9.59 Å². The summed E-state index contributed by atoms with van der Waals surface area (Å²) in [5.74, 6) is -6.44. The lowest BCUT2D eigenvalue weighted by atomic mass is 9.98. The SMILES string of the molecule is O=C(NC(CS(=O)(=O)O)C(=O)NC(CS(=O)(=O)O)C(=O)O)OCC1c2ccccc2-c2ccccc21. The lowest BCUT2D eigenvalue weighted by Crippen LogP contribution is -2.55. The number of nitrogens with one attached hydrogen (secondary N) is 2. The van der Waals surface area contributed by atoms with Crippen LogP contribution in [0, 0.1) is 0 Å². The van der Waals surface area contributed by atoms with Crippen molar-refractivity contribution in [3.8, 4) is 11.1 Å². The fraction of sp³-hybridized carbons (Fsp3) is 0.286. The lowest BCUT2D eigenvalue weighted by Gasteiger charge is -2.20. The summed E-state index contributed by atoms with van der Waals surface area (Å²) in [5, 5.41) is 12.7. The Morgan fingerprint density at radius 2 is 1.28 bits per heavy atom. The molecule has 2 amide bonds. The zero-order chi connectivity index (χ0) is 26.7. The molecular formula is C21H22N2O11S2. The Labute approximate surface area is 206 Å². The number of fused-ring (bicyclic) bond motifs is 3. The first kappa shape index (κ1) is 27.1. The summed E-state index contributed by atoms with van der Waals surface area (Å²) in [6.45, 7) is -0.194. The summed E-state index contributed by atoms with van der Waals surface area (Å²) in [7, 11) is -9.70. The van der Waals surface area contributed by atoms with Crippen molar-refractivity contribution < 1.29 is 50.2 Å². The summed E-state index contributed by atoms with van der Waals surface area (Å²) < 4.78 is 67.9. The van der Waals surface area contributed by atoms with Crippen LogP contribution in [0.15, 0.2) is 48.5 Å². The molecule has 15 heteroatoms. The van der Waals surface area contributed by atoms with Gasteiger partial charge in [0.1, 0.15) is 30.2 Å². The van der Waals surface area contributed by atoms with E-state index in [1.54, 1.807) is 5.32 Å². The molecular weight excluding hydrogens is 520 g/mol. The van der Waals surface area contributed by atoms with Crippen molar-refractivity contribution in [3.05, 3.63) is 59.7 Å². The second-order valence-electron chi connectivity index (χ2n) is 7.92. The van der Waals surface area contributed by atoms with E-state index >= 15 is 0 Å². The van der Waals surface area contributed by atoms with E-state index in [9.17, 15) is 31.2 Å². The number of carbonyl (C=O) groups excluding carboxylic acids is 2. The Morgan fingerprint density at radius 3 is 1.75 bits per heavy atom. The molecule has 0 saturated heterocycles. The van der Waals surface area contributed by atoms with Gasteiger partial charge >= 0.3 is 12.1 Å². The van der Waals surface area contributed by atoms with E-state index in [2.05, 4.69) is 0 Å². The third-order valence-electron chi connectivity index (χ3n) is 5.32. The average Bonchev–Trinajstić information content (AvgIpc) is 3.08. The molecule has 2 aromatic carbocycles. The number of amides is 2. The summed E-state index contributed by atoms with van der Waals surface area (Å²) >= 11 is 0. The van der Waals surface area contributed by atoms with Gasteiger partial charge < -0.3 is 20.5 Å². The van der Waals surface area contributed by atoms with E-state index in [1.165, 1.54) is 0 Å². The highest BCUT2D eigenvalue weighted by Gasteiger charge is 2.33. The second kappa shape index (κ2) is 10.6. The maximum absolute atomic E-state index is 12.4. The molecule has 13 nitrogen and oxygen atoms in total. The van der Waals surface area contributed by atoms with Crippen molar-refractivity contribution in [2.75, 3.05) is 18.1 Å². The number of ether oxygens (including phenoxy) is 1. The average molecular weight is 543 g/mol. The Hall–Kier alpha value is -3.53. The van der Waals surface area contributed by atoms with Crippen LogP contribution in [-0.4, -0.2) is 79.2 Å². The number of hydrogen-bond acceptors (Lipinski definition) is 8. The molecule has 0 radical (unpaired) electrons. The van der Waals surface area contributed by atoms with E-state index < -0.39 is 61.8 Å². The predicted molar refractivity (Wildman–Crippen MR) is 124 cm³/mol. The van der Waals surface area contributed by atoms with Crippen molar-refractivity contribution in [2.45, 2.75) is 18.0 Å². The van der Waals surface area contributed by atoms with Crippen LogP contribution in [0.2, 0.25) is 0 Å². The summed E-state index contributed by atoms with van der Waals surface area (Å²) in [5.41, 5.74) is 3.66. The lowest BCUT2D eigenvalue weighted by molar-refractivity contribution is -0.141. The van der Waals surface area contributed by atoms with Gasteiger partial charge in [-0.05, 0) is 22.3 Å². The highest BCUT2D eigenvalue weighted by Crippen LogP contribution is 2.44. The highest BCUT2D eigenvalue weighted by atomic mass is 32.2. The zero-order valence-electron chi connectivity index (χ0n) is 18.4. The van der Waals surface area contributed by atoms with Crippen LogP contribution in [0.1, 0.15) is 17.0 Å². The van der Waals surface area contributed by atoms with Gasteiger partial charge in [-0.2, -0.15) is 16.8 Å². The van der Waals surface area contributed by atoms with E-state index in [1.807, 2.05) is 53.8 Å². The van der Waals surface area contributed by atoms with Gasteiger partial charge in [0.15, 0.2) is 0 Å². The second-order valence-corrected chi connectivity index (χ2v) is 10.9. The standard InChI is InChI=1S/C21H22N2O11S2/c24-19(22-18(20(25)26)11-36(31,32)33)17(10-35(28,29)30)23-21(27)34-9-16-14-7-3-1-5-12(14)13-6-2-4-8-15(13)16/h1-8,16-18H,9-11H2,(H,22,24)(H,23,27)(H,25,26)(H,28,29,30)(H,31,32,33). The van der Waals surface area contributed by atoms with Gasteiger partial charge in [-0.3, -0.25) is 13.9 Å². The van der Waals surface area contributed by atoms with Gasteiger partial charge in [0.2, 0.25) is 5.91 Å². The normalized spacial score (nSPS) is 14.7. The maximum atomic E-state index is 12.4. The molecule has 0 heterocycles. The number of carboxylic acids is 1. The van der Waals surface area contributed by atoms with Gasteiger partial charge in [0.05, 0.1) is 0 Å². The third kappa shape index (κ3) is 7.00. The van der Waals surface area contributed by atoms with Crippen LogP contribution in [0.3, 0.4) is 0 Å². The number of benzene rings is 2. The number of alkyl carbamates (subject to hydrolysis) is 1. The highest BCUT2D eigenvalue weighted by molar-refractivity contribution is 7.86. The minimum atomic E-state index is -4.86. The van der Waals surface area contributed by atoms with Crippen LogP contribution < -0.4 is 10.6 Å². The van der Waals surface area contributed by atoms with Crippen LogP contribution in [0.4, 0.5) is 4.79 Å². The smallest absolute Gasteiger partial charge is 0.407 e. The van der Waals surface area contributed by atoms with Crippen LogP contribution in [0.5, 0.6) is 0 Å². The fourth-order valence-electron chi connectivity index (χ4n) is 3.83. The molecule has 3 rings (SSSR count). The Kier molecular flexibility index (Phi) is 7.98. The molecule has 2 aromatic rings. The quantitative estimate of drug-likeness (QED) is 0.256. The Morgan fingerprint density at radius 1 is 0.806 bits per heavy atom. The molecule has 0 fully saturated rings. The van der Waals surface area contributed by atoms with Crippen molar-refractivity contribution in [3.63, 3.8) is 0 Å². The molecule has 0 saturated carbocycles. The molecule has 36 heavy (non-hydrogen) atoms. The molecule has 194 valence electrons. The molecule has 1 aliphatic rings. The summed E-state index contributed by atoms with van der Waals surface area (Å²) in [6, 6.07) is 10.7. The Bertz CT molecular complexity index is 1340. The van der Waals surface area contributed by atoms with Crippen molar-refractivity contribution >= 4 is 38.2 Å². The molecule has 1 aliphatic carbocycles. The summed E-state index contributed by atoms with van der Waals surface area (Å²) in [4.78, 5) is 36.1. The van der Waals surface area contributed by atoms with Crippen LogP contribution in [0.25, 0.3) is 11.1 Å². The van der Waals surface area contributed by atoms with Gasteiger partial charge in [-0.1, -0.05) is 48.5 Å². The minimum Gasteiger partial charge on any atom is -0.480 e. The van der Waals surface area contributed by atoms with Crippen molar-refractivity contribution in [1.82, 2.24) is 10.6 Å². The zero-order valence-corrected chi connectivity index (χ0v) is 20.0. The molecule has 0 spiro atoms. The predicted octanol–water partition coefficient (Wildman–Crippen LogP) is 0.239. The number of aliphatic carboxylic acids is 1. The molecule has 0 aliphatic heterocycles. The van der Waals surface area contributed by atoms with E-state index in [4.69, 9.17) is 18.9 Å². The first-order chi connectivity index (χ1) is 16.7. The molecule has 0 aromatic heterocycles. The van der Waals surface area contributed by atoms with Gasteiger partial charge in [-0.15, -0.1) is 0 Å². The fourth-order valence-corrected chi connectivity index (χ4v) is 5.14. The molecule has 5 N–H and O–H groups in total. The third-order valence-corrected chi connectivity index (χ3v) is 6.83. The molecule has 2 atom stereocenters. The summed E-state index contributed by atoms with van der Waals surface area (Å²) in [6.07, 6.45) is -1.25. The van der Waals surface area contributed by atoms with Crippen LogP contribution in [-0.2, 0) is 34.6 Å². The van der Waals surface area contributed by atoms with E-state index in [-0.39, 0.29) is 12.5 Å². The van der Waals surface area contributed by atoms with Gasteiger partial charge in [0.25, 0.3) is 20.2 Å². The topological polar surface area (TPSA) is 213 Å². The Balaban J connectivity index is 1.72. The number of hydrogen-bond donors (Lipinski definition) is 5. The van der Waals surface area contributed by atoms with Crippen molar-refractivity contribution in [2.24, 2.45) is 0 Å². The van der Waals surface area contributed by atoms with E-state index in [0.717, 1.165) is 22.3 Å². The number of carboxylic acid groups (broad SMARTS) is 1. The van der Waals surface area contributed by atoms with E-state index in [0.29, 0.717) is 0 Å². The maximum Gasteiger partial charge on any atom is 0.407 e. The first-order valence-corrected chi connectivity index (χ1v) is 13.5. The number of carbonyl (C=O) groups is 3. The monoisotopic (exact) mass is 542 g/mol. The largest absolute Gasteiger partial charge is 0.480 e. The first-order valence-electron chi connectivity index (χ1n) is 10.3. The molecule has 0 bridgehead atoms. The van der Waals surface area contributed by atoms with Crippen LogP contribution >= 0.6 is 0 Å². The minimum absolute atomic E-state index is 0.194. The molecule has 2 unspecified atom stereocenters.